The Morgan fingerprint density at radius 2 is 2.31 bits per heavy atom. The second-order valence-corrected chi connectivity index (χ2v) is 4.45. The third-order valence-electron chi connectivity index (χ3n) is 2.14. The van der Waals surface area contributed by atoms with Crippen LogP contribution in [0.15, 0.2) is 17.0 Å². The van der Waals surface area contributed by atoms with E-state index in [2.05, 4.69) is 38.3 Å². The van der Waals surface area contributed by atoms with Crippen molar-refractivity contribution in [2.45, 2.75) is 20.8 Å². The van der Waals surface area contributed by atoms with Gasteiger partial charge in [0.25, 0.3) is 0 Å². The van der Waals surface area contributed by atoms with Crippen LogP contribution in [0.1, 0.15) is 24.3 Å². The molecule has 0 saturated heterocycles. The van der Waals surface area contributed by atoms with E-state index in [1.165, 1.54) is 10.4 Å². The summed E-state index contributed by atoms with van der Waals surface area (Å²) in [7, 11) is 0. The molecule has 1 heterocycles. The molecule has 72 valence electrons. The summed E-state index contributed by atoms with van der Waals surface area (Å²) in [4.78, 5) is 1.26. The first-order chi connectivity index (χ1) is 6.15. The molecule has 1 aromatic rings. The fourth-order valence-corrected chi connectivity index (χ4v) is 1.99. The zero-order valence-corrected chi connectivity index (χ0v) is 9.19. The van der Waals surface area contributed by atoms with Crippen LogP contribution in [0.25, 0.3) is 6.08 Å². The predicted molar refractivity (Wildman–Crippen MR) is 59.0 cm³/mol. The first-order valence-electron chi connectivity index (χ1n) is 4.50. The Morgan fingerprint density at radius 1 is 1.62 bits per heavy atom. The Balaban J connectivity index is 2.91. The van der Waals surface area contributed by atoms with Crippen LogP contribution in [0, 0.1) is 12.8 Å². The lowest BCUT2D eigenvalue weighted by Crippen LogP contribution is -1.98. The first-order valence-corrected chi connectivity index (χ1v) is 5.38. The summed E-state index contributed by atoms with van der Waals surface area (Å²) >= 11 is 1.72. The molecule has 0 saturated carbocycles. The van der Waals surface area contributed by atoms with E-state index >= 15 is 0 Å². The lowest BCUT2D eigenvalue weighted by Gasteiger charge is -2.07. The molecule has 0 unspecified atom stereocenters. The van der Waals surface area contributed by atoms with Gasteiger partial charge in [-0.3, -0.25) is 0 Å². The van der Waals surface area contributed by atoms with Gasteiger partial charge in [-0.25, -0.2) is 0 Å². The van der Waals surface area contributed by atoms with Crippen LogP contribution in [0.5, 0.6) is 0 Å². The zero-order valence-electron chi connectivity index (χ0n) is 8.37. The van der Waals surface area contributed by atoms with Gasteiger partial charge in [0.1, 0.15) is 0 Å². The first kappa shape index (κ1) is 10.5. The smallest absolute Gasteiger partial charge is 0.0647 e. The minimum absolute atomic E-state index is 0.162. The monoisotopic (exact) mass is 196 g/mol. The fourth-order valence-electron chi connectivity index (χ4n) is 1.10. The molecular formula is C11H16OS. The van der Waals surface area contributed by atoms with Gasteiger partial charge in [0.2, 0.25) is 0 Å². The Hall–Kier alpha value is -0.600. The number of aryl methyl sites for hydroxylation is 1. The normalized spacial score (nSPS) is 12.5. The van der Waals surface area contributed by atoms with Gasteiger partial charge in [-0.15, -0.1) is 11.3 Å². The van der Waals surface area contributed by atoms with E-state index in [0.717, 1.165) is 5.57 Å². The summed E-state index contributed by atoms with van der Waals surface area (Å²) in [6.45, 7) is 6.46. The van der Waals surface area contributed by atoms with Crippen molar-refractivity contribution >= 4 is 17.4 Å². The molecule has 1 nitrogen and oxygen atoms in total. The fraction of sp³-hybridized carbons (Fsp3) is 0.455. The summed E-state index contributed by atoms with van der Waals surface area (Å²) in [6, 6.07) is 2.10. The molecule has 0 spiro atoms. The van der Waals surface area contributed by atoms with Gasteiger partial charge in [-0.2, -0.15) is 0 Å². The molecule has 0 aliphatic rings. The van der Waals surface area contributed by atoms with E-state index < -0.39 is 0 Å². The third-order valence-corrected chi connectivity index (χ3v) is 3.11. The van der Waals surface area contributed by atoms with Crippen LogP contribution in [0.2, 0.25) is 0 Å². The number of thiophene rings is 1. The number of aliphatic hydroxyl groups is 1. The predicted octanol–water partition coefficient (Wildman–Crippen LogP) is 3.09. The molecule has 2 heteroatoms. The summed E-state index contributed by atoms with van der Waals surface area (Å²) in [5, 5.41) is 11.2. The van der Waals surface area contributed by atoms with Crippen molar-refractivity contribution in [2.24, 2.45) is 5.92 Å². The molecular weight excluding hydrogens is 180 g/mol. The van der Waals surface area contributed by atoms with Gasteiger partial charge in [0, 0.05) is 4.88 Å². The highest BCUT2D eigenvalue weighted by atomic mass is 32.1. The number of hydrogen-bond donors (Lipinski definition) is 1. The second kappa shape index (κ2) is 4.58. The summed E-state index contributed by atoms with van der Waals surface area (Å²) in [6.07, 6.45) is 2.10. The molecule has 0 radical (unpaired) electrons. The average Bonchev–Trinajstić information content (AvgIpc) is 2.46. The highest BCUT2D eigenvalue weighted by Gasteiger charge is 2.03. The molecule has 0 amide bonds. The van der Waals surface area contributed by atoms with Crippen molar-refractivity contribution in [1.29, 1.82) is 0 Å². The standard InChI is InChI=1S/C11H16OS/c1-8(2)10(7-12)6-11-9(3)4-5-13-11/h4-6,8,12H,7H2,1-3H3. The van der Waals surface area contributed by atoms with Crippen molar-refractivity contribution in [3.8, 4) is 0 Å². The molecule has 0 aliphatic carbocycles. The van der Waals surface area contributed by atoms with Crippen molar-refractivity contribution in [3.05, 3.63) is 27.5 Å². The Labute approximate surface area is 83.7 Å². The molecule has 1 rings (SSSR count). The average molecular weight is 196 g/mol. The lowest BCUT2D eigenvalue weighted by molar-refractivity contribution is 0.320. The maximum Gasteiger partial charge on any atom is 0.0647 e. The SMILES string of the molecule is Cc1ccsc1C=C(CO)C(C)C. The van der Waals surface area contributed by atoms with E-state index in [1.807, 2.05) is 0 Å². The van der Waals surface area contributed by atoms with Crippen molar-refractivity contribution in [3.63, 3.8) is 0 Å². The molecule has 0 atom stereocenters. The van der Waals surface area contributed by atoms with Gasteiger partial charge in [-0.1, -0.05) is 13.8 Å². The second-order valence-electron chi connectivity index (χ2n) is 3.50. The van der Waals surface area contributed by atoms with Gasteiger partial charge < -0.3 is 5.11 Å². The van der Waals surface area contributed by atoms with E-state index in [1.54, 1.807) is 11.3 Å². The summed E-state index contributed by atoms with van der Waals surface area (Å²) < 4.78 is 0. The van der Waals surface area contributed by atoms with Crippen molar-refractivity contribution in [1.82, 2.24) is 0 Å². The van der Waals surface area contributed by atoms with Crippen molar-refractivity contribution in [2.75, 3.05) is 6.61 Å². The summed E-state index contributed by atoms with van der Waals surface area (Å²) in [5.41, 5.74) is 2.39. The topological polar surface area (TPSA) is 20.2 Å². The maximum absolute atomic E-state index is 9.12. The maximum atomic E-state index is 9.12. The number of hydrogen-bond acceptors (Lipinski definition) is 2. The van der Waals surface area contributed by atoms with Crippen LogP contribution < -0.4 is 0 Å². The van der Waals surface area contributed by atoms with Gasteiger partial charge >= 0.3 is 0 Å². The Bertz CT molecular complexity index is 297. The zero-order chi connectivity index (χ0) is 9.84. The van der Waals surface area contributed by atoms with E-state index in [0.29, 0.717) is 5.92 Å². The van der Waals surface area contributed by atoms with Crippen LogP contribution >= 0.6 is 11.3 Å². The molecule has 13 heavy (non-hydrogen) atoms. The lowest BCUT2D eigenvalue weighted by atomic mass is 10.0. The van der Waals surface area contributed by atoms with Crippen LogP contribution in [-0.4, -0.2) is 11.7 Å². The minimum atomic E-state index is 0.162. The molecule has 0 bridgehead atoms. The number of aliphatic hydroxyl groups excluding tert-OH is 1. The Morgan fingerprint density at radius 3 is 2.69 bits per heavy atom. The molecule has 1 N–H and O–H groups in total. The Kier molecular flexibility index (Phi) is 3.70. The summed E-state index contributed by atoms with van der Waals surface area (Å²) in [5.74, 6) is 0.423. The third kappa shape index (κ3) is 2.68. The quantitative estimate of drug-likeness (QED) is 0.787. The van der Waals surface area contributed by atoms with Gasteiger partial charge in [0.15, 0.2) is 0 Å². The largest absolute Gasteiger partial charge is 0.392 e. The van der Waals surface area contributed by atoms with Crippen LogP contribution in [-0.2, 0) is 0 Å². The van der Waals surface area contributed by atoms with Crippen LogP contribution in [0.3, 0.4) is 0 Å². The molecule has 0 aliphatic heterocycles. The molecule has 0 fully saturated rings. The minimum Gasteiger partial charge on any atom is -0.392 e. The highest BCUT2D eigenvalue weighted by Crippen LogP contribution is 2.21. The van der Waals surface area contributed by atoms with Crippen LogP contribution in [0.4, 0.5) is 0 Å². The number of rotatable bonds is 3. The van der Waals surface area contributed by atoms with Crippen molar-refractivity contribution < 1.29 is 5.11 Å². The van der Waals surface area contributed by atoms with Gasteiger partial charge in [-0.05, 0) is 41.5 Å². The van der Waals surface area contributed by atoms with E-state index in [9.17, 15) is 0 Å². The highest BCUT2D eigenvalue weighted by molar-refractivity contribution is 7.11. The van der Waals surface area contributed by atoms with Gasteiger partial charge in [0.05, 0.1) is 6.61 Å². The van der Waals surface area contributed by atoms with E-state index in [4.69, 9.17) is 5.11 Å². The van der Waals surface area contributed by atoms with E-state index in [-0.39, 0.29) is 6.61 Å². The molecule has 1 aromatic heterocycles. The molecule has 0 aromatic carbocycles.